The molecular weight excluding hydrogens is 542 g/mol. The van der Waals surface area contributed by atoms with E-state index in [4.69, 9.17) is 14.6 Å². The van der Waals surface area contributed by atoms with Gasteiger partial charge in [0.05, 0.1) is 36.3 Å². The highest BCUT2D eigenvalue weighted by atomic mass is 32.2. The van der Waals surface area contributed by atoms with Crippen LogP contribution in [0, 0.1) is 25.2 Å². The second-order valence-corrected chi connectivity index (χ2v) is 17.4. The number of ether oxygens (including phenoxy) is 2. The fourth-order valence-corrected chi connectivity index (χ4v) is 10.1. The average Bonchev–Trinajstić information content (AvgIpc) is 3.26. The molecule has 1 aromatic rings. The number of morpholine rings is 1. The predicted molar refractivity (Wildman–Crippen MR) is 158 cm³/mol. The number of rotatable bonds is 4. The van der Waals surface area contributed by atoms with Crippen molar-refractivity contribution < 1.29 is 22.7 Å². The Hall–Kier alpha value is -1.85. The number of aromatic nitrogens is 2. The molecule has 41 heavy (non-hydrogen) atoms. The van der Waals surface area contributed by atoms with Crippen LogP contribution in [0.15, 0.2) is 0 Å². The number of amides is 1. The van der Waals surface area contributed by atoms with Gasteiger partial charge in [-0.2, -0.15) is 5.10 Å². The van der Waals surface area contributed by atoms with Crippen LogP contribution in [-0.4, -0.2) is 108 Å². The fraction of sp³-hybridized carbons (Fsp3) is 0.867. The Kier molecular flexibility index (Phi) is 7.02. The van der Waals surface area contributed by atoms with Crippen molar-refractivity contribution in [2.75, 3.05) is 55.7 Å². The van der Waals surface area contributed by atoms with Crippen molar-refractivity contribution in [3.63, 3.8) is 0 Å². The molecule has 1 saturated carbocycles. The molecule has 1 spiro atoms. The number of anilines is 1. The van der Waals surface area contributed by atoms with Crippen molar-refractivity contribution in [1.29, 1.82) is 0 Å². The van der Waals surface area contributed by atoms with Gasteiger partial charge in [0.2, 0.25) is 0 Å². The van der Waals surface area contributed by atoms with Crippen LogP contribution in [0.3, 0.4) is 0 Å². The number of piperidine rings is 1. The van der Waals surface area contributed by atoms with E-state index in [0.717, 1.165) is 64.2 Å². The molecule has 1 amide bonds. The Morgan fingerprint density at radius 1 is 1.10 bits per heavy atom. The van der Waals surface area contributed by atoms with Crippen molar-refractivity contribution >= 4 is 21.7 Å². The van der Waals surface area contributed by atoms with Gasteiger partial charge in [0, 0.05) is 54.9 Å². The van der Waals surface area contributed by atoms with Crippen LogP contribution in [0.4, 0.5) is 10.6 Å². The maximum atomic E-state index is 12.4. The smallest absolute Gasteiger partial charge is 0.410 e. The summed E-state index contributed by atoms with van der Waals surface area (Å²) in [5, 5.41) is 5.22. The van der Waals surface area contributed by atoms with Crippen LogP contribution in [0.2, 0.25) is 0 Å². The van der Waals surface area contributed by atoms with Gasteiger partial charge in [-0.05, 0) is 80.1 Å². The summed E-state index contributed by atoms with van der Waals surface area (Å²) in [6.07, 6.45) is 3.86. The first-order chi connectivity index (χ1) is 19.0. The van der Waals surface area contributed by atoms with Gasteiger partial charge in [0.25, 0.3) is 0 Å². The number of likely N-dealkylation sites (tertiary alicyclic amines) is 1. The van der Waals surface area contributed by atoms with Crippen molar-refractivity contribution in [1.82, 2.24) is 19.6 Å². The van der Waals surface area contributed by atoms with Gasteiger partial charge in [0.1, 0.15) is 5.60 Å². The first-order valence-corrected chi connectivity index (χ1v) is 17.2. The Bertz CT molecular complexity index is 1290. The largest absolute Gasteiger partial charge is 0.444 e. The van der Waals surface area contributed by atoms with Gasteiger partial charge in [0.15, 0.2) is 15.7 Å². The van der Waals surface area contributed by atoms with Crippen LogP contribution in [-0.2, 0) is 19.3 Å². The molecule has 5 fully saturated rings. The summed E-state index contributed by atoms with van der Waals surface area (Å²) >= 11 is 0. The second kappa shape index (κ2) is 9.84. The maximum Gasteiger partial charge on any atom is 0.410 e. The highest BCUT2D eigenvalue weighted by Gasteiger charge is 2.55. The zero-order chi connectivity index (χ0) is 29.5. The summed E-state index contributed by atoms with van der Waals surface area (Å²) in [6.45, 7) is 19.7. The molecule has 0 N–H and O–H groups in total. The van der Waals surface area contributed by atoms with Gasteiger partial charge < -0.3 is 19.3 Å². The predicted octanol–water partition coefficient (Wildman–Crippen LogP) is 3.56. The van der Waals surface area contributed by atoms with E-state index in [9.17, 15) is 13.2 Å². The molecule has 1 aromatic heterocycles. The van der Waals surface area contributed by atoms with Crippen LogP contribution in [0.1, 0.15) is 77.6 Å². The summed E-state index contributed by atoms with van der Waals surface area (Å²) < 4.78 is 38.2. The topological polar surface area (TPSA) is 97.2 Å². The molecule has 11 heteroatoms. The molecule has 0 radical (unpaired) electrons. The van der Waals surface area contributed by atoms with E-state index < -0.39 is 15.4 Å². The molecule has 2 unspecified atom stereocenters. The van der Waals surface area contributed by atoms with Gasteiger partial charge in [-0.15, -0.1) is 0 Å². The Morgan fingerprint density at radius 2 is 1.80 bits per heavy atom. The van der Waals surface area contributed by atoms with E-state index in [0.29, 0.717) is 18.6 Å². The molecule has 5 aliphatic rings. The summed E-state index contributed by atoms with van der Waals surface area (Å²) in [5.74, 6) is 2.02. The van der Waals surface area contributed by atoms with E-state index in [-0.39, 0.29) is 40.7 Å². The fourth-order valence-electron chi connectivity index (χ4n) is 8.21. The lowest BCUT2D eigenvalue weighted by molar-refractivity contribution is -0.0930. The van der Waals surface area contributed by atoms with Crippen molar-refractivity contribution in [3.8, 4) is 0 Å². The zero-order valence-corrected chi connectivity index (χ0v) is 26.8. The third-order valence-electron chi connectivity index (χ3n) is 10.3. The lowest BCUT2D eigenvalue weighted by atomic mass is 9.61. The van der Waals surface area contributed by atoms with E-state index in [1.807, 2.05) is 25.7 Å². The molecule has 4 aliphatic heterocycles. The highest BCUT2D eigenvalue weighted by molar-refractivity contribution is 7.91. The third kappa shape index (κ3) is 5.51. The van der Waals surface area contributed by atoms with Gasteiger partial charge in [-0.3, -0.25) is 9.58 Å². The number of hydrogen-bond donors (Lipinski definition) is 0. The molecule has 3 atom stereocenters. The number of carbonyl (C=O) groups excluding carboxylic acids is 1. The quantitative estimate of drug-likeness (QED) is 0.525. The average molecular weight is 592 g/mol. The lowest BCUT2D eigenvalue weighted by Crippen LogP contribution is -2.64. The number of sulfone groups is 1. The monoisotopic (exact) mass is 591 g/mol. The summed E-state index contributed by atoms with van der Waals surface area (Å²) in [6, 6.07) is 0.383. The molecule has 5 heterocycles. The first-order valence-electron chi connectivity index (χ1n) is 15.4. The van der Waals surface area contributed by atoms with E-state index in [1.54, 1.807) is 0 Å². The summed E-state index contributed by atoms with van der Waals surface area (Å²) in [5.41, 5.74) is 2.20. The standard InChI is InChI=1S/C30H49N5O5S/c1-20-21(2)35(23-13-30(14-23)18-33(19-30)27(36)40-28(3,4)5)31-26(20)34-9-8-22(12-29(34,6)7)15-32-10-11-39-25-17-41(37,38)16-24(25)32/h22-25H,8-19H2,1-7H3/t22-,24?,25?/m1/s1. The molecule has 6 rings (SSSR count). The first kappa shape index (κ1) is 29.2. The number of nitrogens with zero attached hydrogens (tertiary/aromatic N) is 5. The Labute approximate surface area is 245 Å². The zero-order valence-electron chi connectivity index (χ0n) is 26.0. The molecule has 10 nitrogen and oxygen atoms in total. The van der Waals surface area contributed by atoms with Crippen LogP contribution >= 0.6 is 0 Å². The summed E-state index contributed by atoms with van der Waals surface area (Å²) in [7, 11) is -3.01. The molecule has 230 valence electrons. The molecule has 0 aromatic carbocycles. The number of carbonyl (C=O) groups is 1. The van der Waals surface area contributed by atoms with E-state index in [2.05, 4.69) is 42.2 Å². The van der Waals surface area contributed by atoms with Crippen LogP contribution in [0.5, 0.6) is 0 Å². The third-order valence-corrected chi connectivity index (χ3v) is 12.0. The second-order valence-electron chi connectivity index (χ2n) is 15.2. The van der Waals surface area contributed by atoms with Crippen molar-refractivity contribution in [2.45, 2.75) is 103 Å². The molecule has 4 saturated heterocycles. The minimum Gasteiger partial charge on any atom is -0.444 e. The Balaban J connectivity index is 1.07. The SMILES string of the molecule is Cc1c(N2CC[C@@H](CN3CCOC4CS(=O)(=O)CC43)CC2(C)C)nn(C2CC3(C2)CN(C(=O)OC(C)(C)C)C3)c1C. The number of fused-ring (bicyclic) bond motifs is 1. The molecular formula is C30H49N5O5S. The minimum atomic E-state index is -3.01. The van der Waals surface area contributed by atoms with Crippen molar-refractivity contribution in [3.05, 3.63) is 11.3 Å². The van der Waals surface area contributed by atoms with Crippen LogP contribution < -0.4 is 4.90 Å². The van der Waals surface area contributed by atoms with Gasteiger partial charge >= 0.3 is 6.09 Å². The minimum absolute atomic E-state index is 0.00753. The van der Waals surface area contributed by atoms with Gasteiger partial charge in [-0.25, -0.2) is 13.2 Å². The van der Waals surface area contributed by atoms with Gasteiger partial charge in [-0.1, -0.05) is 0 Å². The molecule has 0 bridgehead atoms. The summed E-state index contributed by atoms with van der Waals surface area (Å²) in [4.78, 5) is 19.2. The Morgan fingerprint density at radius 3 is 2.46 bits per heavy atom. The van der Waals surface area contributed by atoms with Crippen LogP contribution in [0.25, 0.3) is 0 Å². The normalized spacial score (nSPS) is 31.0. The molecule has 1 aliphatic carbocycles. The maximum absolute atomic E-state index is 12.4. The number of hydrogen-bond acceptors (Lipinski definition) is 8. The van der Waals surface area contributed by atoms with E-state index in [1.165, 1.54) is 11.3 Å². The lowest BCUT2D eigenvalue weighted by Gasteiger charge is -2.58. The van der Waals surface area contributed by atoms with Crippen molar-refractivity contribution in [2.24, 2.45) is 11.3 Å². The van der Waals surface area contributed by atoms with E-state index >= 15 is 0 Å². The highest BCUT2D eigenvalue weighted by Crippen LogP contribution is 2.55.